The Hall–Kier alpha value is -0.940. The third kappa shape index (κ3) is 2.57. The Kier molecular flexibility index (Phi) is 4.35. The minimum atomic E-state index is 0.378. The van der Waals surface area contributed by atoms with Crippen molar-refractivity contribution >= 4 is 35.0 Å². The lowest BCUT2D eigenvalue weighted by atomic mass is 10.3. The highest BCUT2D eigenvalue weighted by atomic mass is 32.2. The van der Waals surface area contributed by atoms with Crippen LogP contribution in [0.15, 0.2) is 18.2 Å². The molecule has 5 heteroatoms. The SMILES string of the molecule is CCSCC(C)n1c(=S)[nH]c2ccc(OC)cc21. The third-order valence-electron chi connectivity index (χ3n) is 2.93. The maximum absolute atomic E-state index is 5.42. The van der Waals surface area contributed by atoms with Gasteiger partial charge in [-0.2, -0.15) is 11.8 Å². The zero-order valence-electron chi connectivity index (χ0n) is 10.9. The molecule has 1 N–H and O–H groups in total. The number of H-pyrrole nitrogens is 1. The summed E-state index contributed by atoms with van der Waals surface area (Å²) in [7, 11) is 1.68. The Morgan fingerprint density at radius 2 is 2.28 bits per heavy atom. The van der Waals surface area contributed by atoms with Crippen LogP contribution in [0.5, 0.6) is 5.75 Å². The Morgan fingerprint density at radius 3 is 2.94 bits per heavy atom. The van der Waals surface area contributed by atoms with E-state index in [-0.39, 0.29) is 0 Å². The van der Waals surface area contributed by atoms with E-state index >= 15 is 0 Å². The molecule has 0 aliphatic heterocycles. The number of thioether (sulfide) groups is 1. The second kappa shape index (κ2) is 5.80. The van der Waals surface area contributed by atoms with Crippen LogP contribution in [0.2, 0.25) is 0 Å². The van der Waals surface area contributed by atoms with Crippen LogP contribution < -0.4 is 4.74 Å². The van der Waals surface area contributed by atoms with Crippen LogP contribution >= 0.6 is 24.0 Å². The van der Waals surface area contributed by atoms with Crippen LogP contribution in [0, 0.1) is 4.77 Å². The van der Waals surface area contributed by atoms with Gasteiger partial charge in [-0.25, -0.2) is 0 Å². The number of nitrogens with one attached hydrogen (secondary N) is 1. The van der Waals surface area contributed by atoms with Crippen LogP contribution in [0.4, 0.5) is 0 Å². The number of fused-ring (bicyclic) bond motifs is 1. The van der Waals surface area contributed by atoms with Gasteiger partial charge in [0, 0.05) is 17.9 Å². The molecule has 1 aromatic heterocycles. The van der Waals surface area contributed by atoms with E-state index in [1.54, 1.807) is 7.11 Å². The number of rotatable bonds is 5. The smallest absolute Gasteiger partial charge is 0.178 e. The number of aromatic amines is 1. The second-order valence-corrected chi connectivity index (χ2v) is 5.90. The van der Waals surface area contributed by atoms with Crippen molar-refractivity contribution < 1.29 is 4.74 Å². The molecule has 0 amide bonds. The Balaban J connectivity index is 2.47. The number of nitrogens with zero attached hydrogens (tertiary/aromatic N) is 1. The van der Waals surface area contributed by atoms with Gasteiger partial charge in [0.2, 0.25) is 0 Å². The molecular formula is C13H18N2OS2. The van der Waals surface area contributed by atoms with E-state index in [1.165, 1.54) is 0 Å². The maximum Gasteiger partial charge on any atom is 0.178 e. The van der Waals surface area contributed by atoms with E-state index < -0.39 is 0 Å². The van der Waals surface area contributed by atoms with Crippen molar-refractivity contribution in [1.29, 1.82) is 0 Å². The number of aromatic nitrogens is 2. The quantitative estimate of drug-likeness (QED) is 0.840. The normalized spacial score (nSPS) is 12.8. The third-order valence-corrected chi connectivity index (χ3v) is 4.35. The number of benzene rings is 1. The van der Waals surface area contributed by atoms with Gasteiger partial charge >= 0.3 is 0 Å². The standard InChI is InChI=1S/C13H18N2OS2/c1-4-18-8-9(2)15-12-7-10(16-3)5-6-11(12)14-13(15)17/h5-7,9H,4,8H2,1-3H3,(H,14,17). The molecule has 0 aliphatic rings. The van der Waals surface area contributed by atoms with Gasteiger partial charge < -0.3 is 14.3 Å². The molecule has 0 bridgehead atoms. The average Bonchev–Trinajstić information content (AvgIpc) is 2.70. The predicted octanol–water partition coefficient (Wildman–Crippen LogP) is 4.02. The first-order valence-corrected chi connectivity index (χ1v) is 7.59. The first-order valence-electron chi connectivity index (χ1n) is 6.03. The molecule has 0 fully saturated rings. The predicted molar refractivity (Wildman–Crippen MR) is 81.4 cm³/mol. The molecule has 18 heavy (non-hydrogen) atoms. The zero-order valence-corrected chi connectivity index (χ0v) is 12.5. The lowest BCUT2D eigenvalue weighted by Crippen LogP contribution is -2.08. The molecule has 0 saturated carbocycles. The number of hydrogen-bond donors (Lipinski definition) is 1. The van der Waals surface area contributed by atoms with Crippen LogP contribution in [0.1, 0.15) is 19.9 Å². The largest absolute Gasteiger partial charge is 0.497 e. The van der Waals surface area contributed by atoms with Gasteiger partial charge in [-0.15, -0.1) is 0 Å². The van der Waals surface area contributed by atoms with E-state index in [1.807, 2.05) is 30.0 Å². The van der Waals surface area contributed by atoms with Crippen molar-refractivity contribution in [1.82, 2.24) is 9.55 Å². The van der Waals surface area contributed by atoms with Crippen molar-refractivity contribution in [2.75, 3.05) is 18.6 Å². The summed E-state index contributed by atoms with van der Waals surface area (Å²) in [4.78, 5) is 3.25. The molecule has 1 atom stereocenters. The van der Waals surface area contributed by atoms with Gasteiger partial charge in [-0.3, -0.25) is 0 Å². The van der Waals surface area contributed by atoms with Gasteiger partial charge in [-0.05, 0) is 37.0 Å². The fourth-order valence-electron chi connectivity index (χ4n) is 2.03. The Morgan fingerprint density at radius 1 is 1.50 bits per heavy atom. The fraction of sp³-hybridized carbons (Fsp3) is 0.462. The van der Waals surface area contributed by atoms with Crippen LogP contribution in [-0.4, -0.2) is 28.2 Å². The van der Waals surface area contributed by atoms with Crippen LogP contribution in [-0.2, 0) is 0 Å². The molecular weight excluding hydrogens is 264 g/mol. The Labute approximate surface area is 117 Å². The van der Waals surface area contributed by atoms with Gasteiger partial charge in [0.05, 0.1) is 18.1 Å². The van der Waals surface area contributed by atoms with Crippen molar-refractivity contribution in [3.8, 4) is 5.75 Å². The van der Waals surface area contributed by atoms with Gasteiger partial charge in [0.15, 0.2) is 4.77 Å². The van der Waals surface area contributed by atoms with Crippen LogP contribution in [0.3, 0.4) is 0 Å². The summed E-state index contributed by atoms with van der Waals surface area (Å²) in [5, 5.41) is 0. The van der Waals surface area contributed by atoms with Crippen molar-refractivity contribution in [2.45, 2.75) is 19.9 Å². The lowest BCUT2D eigenvalue weighted by Gasteiger charge is -2.14. The molecule has 0 radical (unpaired) electrons. The van der Waals surface area contributed by atoms with E-state index in [0.29, 0.717) is 6.04 Å². The van der Waals surface area contributed by atoms with E-state index in [9.17, 15) is 0 Å². The van der Waals surface area contributed by atoms with Crippen molar-refractivity contribution in [2.24, 2.45) is 0 Å². The molecule has 0 aliphatic carbocycles. The monoisotopic (exact) mass is 282 g/mol. The number of hydrogen-bond acceptors (Lipinski definition) is 3. The van der Waals surface area contributed by atoms with Crippen molar-refractivity contribution in [3.05, 3.63) is 23.0 Å². The Bertz CT molecular complexity index is 588. The molecule has 0 saturated heterocycles. The summed E-state index contributed by atoms with van der Waals surface area (Å²) >= 11 is 7.35. The molecule has 1 unspecified atom stereocenters. The summed E-state index contributed by atoms with van der Waals surface area (Å²) in [6, 6.07) is 6.38. The number of methoxy groups -OCH3 is 1. The van der Waals surface area contributed by atoms with E-state index in [4.69, 9.17) is 17.0 Å². The molecule has 3 nitrogen and oxygen atoms in total. The highest BCUT2D eigenvalue weighted by molar-refractivity contribution is 7.99. The summed E-state index contributed by atoms with van der Waals surface area (Å²) in [6.45, 7) is 4.38. The number of imidazole rings is 1. The average molecular weight is 282 g/mol. The fourth-order valence-corrected chi connectivity index (χ4v) is 3.14. The molecule has 1 heterocycles. The maximum atomic E-state index is 5.42. The van der Waals surface area contributed by atoms with E-state index in [2.05, 4.69) is 23.4 Å². The summed E-state index contributed by atoms with van der Waals surface area (Å²) in [5.41, 5.74) is 2.18. The van der Waals surface area contributed by atoms with Gasteiger partial charge in [0.25, 0.3) is 0 Å². The minimum Gasteiger partial charge on any atom is -0.497 e. The second-order valence-electron chi connectivity index (χ2n) is 4.19. The molecule has 2 aromatic rings. The summed E-state index contributed by atoms with van der Waals surface area (Å²) < 4.78 is 8.24. The number of ether oxygens (including phenoxy) is 1. The molecule has 1 aromatic carbocycles. The summed E-state index contributed by atoms with van der Waals surface area (Å²) in [5.74, 6) is 3.05. The first kappa shape index (κ1) is 13.5. The minimum absolute atomic E-state index is 0.378. The highest BCUT2D eigenvalue weighted by Gasteiger charge is 2.11. The van der Waals surface area contributed by atoms with Gasteiger partial charge in [0.1, 0.15) is 5.75 Å². The van der Waals surface area contributed by atoms with Crippen LogP contribution in [0.25, 0.3) is 11.0 Å². The zero-order chi connectivity index (χ0) is 13.1. The van der Waals surface area contributed by atoms with E-state index in [0.717, 1.165) is 33.1 Å². The summed E-state index contributed by atoms with van der Waals surface area (Å²) in [6.07, 6.45) is 0. The lowest BCUT2D eigenvalue weighted by molar-refractivity contribution is 0.415. The molecule has 2 rings (SSSR count). The molecule has 98 valence electrons. The first-order chi connectivity index (χ1) is 8.67. The topological polar surface area (TPSA) is 29.9 Å². The van der Waals surface area contributed by atoms with Crippen molar-refractivity contribution in [3.63, 3.8) is 0 Å². The highest BCUT2D eigenvalue weighted by Crippen LogP contribution is 2.25. The molecule has 0 spiro atoms. The van der Waals surface area contributed by atoms with Gasteiger partial charge in [-0.1, -0.05) is 6.92 Å².